The van der Waals surface area contributed by atoms with Gasteiger partial charge >= 0.3 is 0 Å². The van der Waals surface area contributed by atoms with Crippen LogP contribution in [0, 0.1) is 17.0 Å². The van der Waals surface area contributed by atoms with Crippen LogP contribution in [0.15, 0.2) is 48.5 Å². The van der Waals surface area contributed by atoms with Gasteiger partial charge in [0.15, 0.2) is 0 Å². The molecule has 2 rings (SSSR count). The number of guanidine groups is 1. The van der Waals surface area contributed by atoms with E-state index < -0.39 is 29.4 Å². The Kier molecular flexibility index (Phi) is 6.96. The highest BCUT2D eigenvalue weighted by Crippen LogP contribution is 2.09. The zero-order chi connectivity index (χ0) is 18.9. The fourth-order valence-electron chi connectivity index (χ4n) is 2.33. The molecule has 136 valence electrons. The van der Waals surface area contributed by atoms with E-state index in [0.717, 1.165) is 0 Å². The third-order valence-corrected chi connectivity index (χ3v) is 3.69. The Labute approximate surface area is 149 Å². The van der Waals surface area contributed by atoms with Gasteiger partial charge in [0.2, 0.25) is 17.8 Å². The Hall–Kier alpha value is -3.09. The van der Waals surface area contributed by atoms with E-state index in [0.29, 0.717) is 11.1 Å². The molecule has 0 atom stereocenters. The molecule has 0 spiro atoms. The van der Waals surface area contributed by atoms with Gasteiger partial charge in [0.05, 0.1) is 0 Å². The van der Waals surface area contributed by atoms with Crippen LogP contribution >= 0.6 is 0 Å². The van der Waals surface area contributed by atoms with E-state index in [1.807, 2.05) is 0 Å². The van der Waals surface area contributed by atoms with Crippen LogP contribution in [0.4, 0.5) is 8.78 Å². The molecule has 0 bridgehead atoms. The summed E-state index contributed by atoms with van der Waals surface area (Å²) in [6.07, 6.45) is 0.336. The first-order chi connectivity index (χ1) is 12.5. The number of rotatable bonds is 6. The highest BCUT2D eigenvalue weighted by Gasteiger charge is 2.11. The summed E-state index contributed by atoms with van der Waals surface area (Å²) in [4.78, 5) is 23.5. The normalized spacial score (nSPS) is 10.2. The third-order valence-electron chi connectivity index (χ3n) is 3.69. The van der Waals surface area contributed by atoms with Crippen molar-refractivity contribution in [2.24, 2.45) is 0 Å². The van der Waals surface area contributed by atoms with Gasteiger partial charge in [-0.2, -0.15) is 0 Å². The van der Waals surface area contributed by atoms with Crippen LogP contribution in [0.25, 0.3) is 0 Å². The van der Waals surface area contributed by atoms with Crippen molar-refractivity contribution in [2.45, 2.75) is 25.7 Å². The molecule has 26 heavy (non-hydrogen) atoms. The van der Waals surface area contributed by atoms with Crippen LogP contribution in [0.1, 0.15) is 24.0 Å². The molecule has 3 N–H and O–H groups in total. The summed E-state index contributed by atoms with van der Waals surface area (Å²) < 4.78 is 26.9. The number of carbonyl (C=O) groups excluding carboxylic acids is 2. The Bertz CT molecular complexity index is 743. The van der Waals surface area contributed by atoms with Gasteiger partial charge in [-0.25, -0.2) is 8.78 Å². The van der Waals surface area contributed by atoms with Crippen molar-refractivity contribution in [1.82, 2.24) is 10.6 Å². The summed E-state index contributed by atoms with van der Waals surface area (Å²) in [7, 11) is 0. The van der Waals surface area contributed by atoms with Crippen LogP contribution in [-0.2, 0) is 22.4 Å². The highest BCUT2D eigenvalue weighted by molar-refractivity contribution is 6.03. The van der Waals surface area contributed by atoms with Crippen molar-refractivity contribution in [3.8, 4) is 0 Å². The molecule has 5 nitrogen and oxygen atoms in total. The number of amides is 2. The Morgan fingerprint density at radius 3 is 1.54 bits per heavy atom. The van der Waals surface area contributed by atoms with Gasteiger partial charge in [-0.05, 0) is 36.1 Å². The smallest absolute Gasteiger partial charge is 0.226 e. The molecule has 0 unspecified atom stereocenters. The van der Waals surface area contributed by atoms with Crippen LogP contribution < -0.4 is 10.6 Å². The third kappa shape index (κ3) is 6.08. The minimum absolute atomic E-state index is 0.0194. The van der Waals surface area contributed by atoms with Gasteiger partial charge < -0.3 is 0 Å². The molecular weight excluding hydrogens is 340 g/mol. The second-order valence-corrected chi connectivity index (χ2v) is 5.65. The van der Waals surface area contributed by atoms with Crippen molar-refractivity contribution in [3.05, 3.63) is 71.3 Å². The molecule has 0 saturated carbocycles. The SMILES string of the molecule is N=C(NC(=O)CCc1ccccc1F)NC(=O)CCc1ccccc1F. The topological polar surface area (TPSA) is 82.1 Å². The van der Waals surface area contributed by atoms with E-state index >= 15 is 0 Å². The Balaban J connectivity index is 1.72. The second kappa shape index (κ2) is 9.41. The average Bonchev–Trinajstić information content (AvgIpc) is 2.60. The largest absolute Gasteiger partial charge is 0.297 e. The molecule has 2 aromatic carbocycles. The summed E-state index contributed by atoms with van der Waals surface area (Å²) in [5, 5.41) is 12.0. The maximum Gasteiger partial charge on any atom is 0.226 e. The Morgan fingerprint density at radius 2 is 1.15 bits per heavy atom. The molecule has 7 heteroatoms. The Morgan fingerprint density at radius 1 is 0.769 bits per heavy atom. The summed E-state index contributed by atoms with van der Waals surface area (Å²) in [5.41, 5.74) is 0.811. The number of hydrogen-bond acceptors (Lipinski definition) is 3. The second-order valence-electron chi connectivity index (χ2n) is 5.65. The van der Waals surface area contributed by atoms with E-state index in [-0.39, 0.29) is 25.7 Å². The molecule has 0 aliphatic carbocycles. The van der Waals surface area contributed by atoms with Crippen molar-refractivity contribution in [1.29, 1.82) is 5.41 Å². The van der Waals surface area contributed by atoms with Gasteiger partial charge in [0.1, 0.15) is 11.6 Å². The van der Waals surface area contributed by atoms with E-state index in [1.165, 1.54) is 12.1 Å². The fraction of sp³-hybridized carbons (Fsp3) is 0.211. The molecule has 0 aliphatic heterocycles. The lowest BCUT2D eigenvalue weighted by atomic mass is 10.1. The monoisotopic (exact) mass is 359 g/mol. The van der Waals surface area contributed by atoms with Crippen LogP contribution in [0.2, 0.25) is 0 Å². The summed E-state index contributed by atoms with van der Waals surface area (Å²) in [6, 6.07) is 12.3. The van der Waals surface area contributed by atoms with Gasteiger partial charge in [-0.15, -0.1) is 0 Å². The molecule has 2 aromatic rings. The number of aryl methyl sites for hydroxylation is 2. The molecule has 0 saturated heterocycles. The van der Waals surface area contributed by atoms with Crippen molar-refractivity contribution in [3.63, 3.8) is 0 Å². The van der Waals surface area contributed by atoms with Crippen molar-refractivity contribution < 1.29 is 18.4 Å². The first kappa shape index (κ1) is 19.2. The number of carbonyl (C=O) groups is 2. The molecule has 0 aliphatic rings. The van der Waals surface area contributed by atoms with Crippen molar-refractivity contribution in [2.75, 3.05) is 0 Å². The first-order valence-electron chi connectivity index (χ1n) is 8.11. The van der Waals surface area contributed by atoms with Gasteiger partial charge in [-0.1, -0.05) is 36.4 Å². The van der Waals surface area contributed by atoms with E-state index in [4.69, 9.17) is 5.41 Å². The number of hydrogen-bond donors (Lipinski definition) is 3. The maximum absolute atomic E-state index is 13.5. The fourth-order valence-corrected chi connectivity index (χ4v) is 2.33. The van der Waals surface area contributed by atoms with E-state index in [9.17, 15) is 18.4 Å². The highest BCUT2D eigenvalue weighted by atomic mass is 19.1. The number of benzene rings is 2. The quantitative estimate of drug-likeness (QED) is 0.547. The van der Waals surface area contributed by atoms with Crippen LogP contribution in [0.5, 0.6) is 0 Å². The maximum atomic E-state index is 13.5. The molecule has 0 fully saturated rings. The molecule has 2 amide bonds. The van der Waals surface area contributed by atoms with Crippen LogP contribution in [-0.4, -0.2) is 17.8 Å². The average molecular weight is 359 g/mol. The predicted molar refractivity (Wildman–Crippen MR) is 93.5 cm³/mol. The number of nitrogens with one attached hydrogen (secondary N) is 3. The number of halogens is 2. The lowest BCUT2D eigenvalue weighted by molar-refractivity contribution is -0.120. The first-order valence-corrected chi connectivity index (χ1v) is 8.11. The lowest BCUT2D eigenvalue weighted by Gasteiger charge is -2.09. The summed E-state index contributed by atoms with van der Waals surface area (Å²) in [6.45, 7) is 0. The standard InChI is InChI=1S/C19H19F2N3O2/c20-15-7-3-1-5-13(15)9-11-17(25)23-19(22)24-18(26)12-10-14-6-2-4-8-16(14)21/h1-8H,9-12H2,(H3,22,23,24,25,26). The van der Waals surface area contributed by atoms with Crippen LogP contribution in [0.3, 0.4) is 0 Å². The summed E-state index contributed by atoms with van der Waals surface area (Å²) in [5.74, 6) is -2.25. The summed E-state index contributed by atoms with van der Waals surface area (Å²) >= 11 is 0. The van der Waals surface area contributed by atoms with Gasteiger partial charge in [0, 0.05) is 12.8 Å². The molecular formula is C19H19F2N3O2. The zero-order valence-corrected chi connectivity index (χ0v) is 14.0. The minimum Gasteiger partial charge on any atom is -0.297 e. The molecule has 0 heterocycles. The molecule has 0 aromatic heterocycles. The van der Waals surface area contributed by atoms with Gasteiger partial charge in [-0.3, -0.25) is 25.6 Å². The van der Waals surface area contributed by atoms with Crippen molar-refractivity contribution >= 4 is 17.8 Å². The molecule has 0 radical (unpaired) electrons. The van der Waals surface area contributed by atoms with E-state index in [2.05, 4.69) is 10.6 Å². The van der Waals surface area contributed by atoms with Gasteiger partial charge in [0.25, 0.3) is 0 Å². The predicted octanol–water partition coefficient (Wildman–Crippen LogP) is 2.70. The zero-order valence-electron chi connectivity index (χ0n) is 14.0. The van der Waals surface area contributed by atoms with E-state index in [1.54, 1.807) is 36.4 Å². The minimum atomic E-state index is -0.507. The lowest BCUT2D eigenvalue weighted by Crippen LogP contribution is -2.43.